The minimum atomic E-state index is -0.0751. The number of nitrogens with one attached hydrogen (secondary N) is 1. The van der Waals surface area contributed by atoms with Gasteiger partial charge in [-0.3, -0.25) is 0 Å². The number of hydrogen-bond donors (Lipinski definition) is 2. The molecule has 14 heavy (non-hydrogen) atoms. The van der Waals surface area contributed by atoms with E-state index in [2.05, 4.69) is 15.3 Å². The van der Waals surface area contributed by atoms with Crippen molar-refractivity contribution in [1.29, 1.82) is 0 Å². The Kier molecular flexibility index (Phi) is 2.63. The lowest BCUT2D eigenvalue weighted by Crippen LogP contribution is -2.33. The van der Waals surface area contributed by atoms with Gasteiger partial charge < -0.3 is 10.4 Å². The fourth-order valence-electron chi connectivity index (χ4n) is 1.67. The molecule has 0 aromatic carbocycles. The van der Waals surface area contributed by atoms with E-state index in [9.17, 15) is 0 Å². The molecule has 1 saturated carbocycles. The van der Waals surface area contributed by atoms with Crippen molar-refractivity contribution in [2.75, 3.05) is 11.9 Å². The largest absolute Gasteiger partial charge is 0.393 e. The number of nitrogens with zero attached hydrogens (tertiary/aromatic N) is 2. The molecule has 1 fully saturated rings. The van der Waals surface area contributed by atoms with E-state index in [-0.39, 0.29) is 6.10 Å². The highest BCUT2D eigenvalue weighted by Crippen LogP contribution is 2.26. The van der Waals surface area contributed by atoms with E-state index in [1.807, 2.05) is 13.0 Å². The monoisotopic (exact) mass is 193 g/mol. The van der Waals surface area contributed by atoms with Crippen LogP contribution in [0.25, 0.3) is 0 Å². The summed E-state index contributed by atoms with van der Waals surface area (Å²) < 4.78 is 0. The van der Waals surface area contributed by atoms with Crippen LogP contribution in [0.1, 0.15) is 18.5 Å². The lowest BCUT2D eigenvalue weighted by atomic mass is 9.82. The molecule has 1 heterocycles. The van der Waals surface area contributed by atoms with Crippen LogP contribution in [0.15, 0.2) is 12.4 Å². The van der Waals surface area contributed by atoms with Crippen LogP contribution in [0.4, 0.5) is 5.82 Å². The van der Waals surface area contributed by atoms with Gasteiger partial charge in [0, 0.05) is 18.3 Å². The van der Waals surface area contributed by atoms with E-state index in [1.165, 1.54) is 0 Å². The van der Waals surface area contributed by atoms with Gasteiger partial charge in [0.15, 0.2) is 0 Å². The summed E-state index contributed by atoms with van der Waals surface area (Å²) in [6.45, 7) is 2.84. The van der Waals surface area contributed by atoms with E-state index in [4.69, 9.17) is 5.11 Å². The first-order valence-corrected chi connectivity index (χ1v) is 4.94. The Labute approximate surface area is 83.4 Å². The van der Waals surface area contributed by atoms with Crippen molar-refractivity contribution < 1.29 is 5.11 Å². The first-order chi connectivity index (χ1) is 6.74. The molecule has 76 valence electrons. The maximum Gasteiger partial charge on any atom is 0.129 e. The number of rotatable bonds is 3. The Morgan fingerprint density at radius 3 is 2.93 bits per heavy atom. The molecule has 4 nitrogen and oxygen atoms in total. The molecule has 0 atom stereocenters. The van der Waals surface area contributed by atoms with Gasteiger partial charge in [-0.2, -0.15) is 0 Å². The van der Waals surface area contributed by atoms with E-state index in [0.717, 1.165) is 30.9 Å². The highest BCUT2D eigenvalue weighted by Gasteiger charge is 2.26. The van der Waals surface area contributed by atoms with Crippen molar-refractivity contribution >= 4 is 5.82 Å². The van der Waals surface area contributed by atoms with Crippen molar-refractivity contribution in [2.24, 2.45) is 5.92 Å². The molecule has 2 N–H and O–H groups in total. The van der Waals surface area contributed by atoms with E-state index < -0.39 is 0 Å². The van der Waals surface area contributed by atoms with E-state index in [1.54, 1.807) is 6.33 Å². The van der Waals surface area contributed by atoms with Gasteiger partial charge in [-0.15, -0.1) is 0 Å². The molecule has 0 unspecified atom stereocenters. The second-order valence-corrected chi connectivity index (χ2v) is 3.92. The summed E-state index contributed by atoms with van der Waals surface area (Å²) in [5.74, 6) is 1.47. The molecular weight excluding hydrogens is 178 g/mol. The number of aliphatic hydroxyl groups excluding tert-OH is 1. The van der Waals surface area contributed by atoms with Crippen LogP contribution in [-0.2, 0) is 0 Å². The fourth-order valence-corrected chi connectivity index (χ4v) is 1.67. The van der Waals surface area contributed by atoms with Crippen molar-refractivity contribution in [1.82, 2.24) is 9.97 Å². The van der Waals surface area contributed by atoms with Crippen LogP contribution in [0.3, 0.4) is 0 Å². The van der Waals surface area contributed by atoms with Crippen LogP contribution in [0, 0.1) is 12.8 Å². The first kappa shape index (κ1) is 9.40. The summed E-state index contributed by atoms with van der Waals surface area (Å²) in [5, 5.41) is 12.4. The van der Waals surface area contributed by atoms with E-state index >= 15 is 0 Å². The Balaban J connectivity index is 1.80. The molecule has 0 spiro atoms. The zero-order valence-electron chi connectivity index (χ0n) is 8.27. The van der Waals surface area contributed by atoms with Crippen molar-refractivity contribution in [3.05, 3.63) is 18.1 Å². The van der Waals surface area contributed by atoms with Crippen LogP contribution in [0.5, 0.6) is 0 Å². The third kappa shape index (κ3) is 2.20. The summed E-state index contributed by atoms with van der Waals surface area (Å²) in [7, 11) is 0. The lowest BCUT2D eigenvalue weighted by Gasteiger charge is -2.31. The Morgan fingerprint density at radius 1 is 1.50 bits per heavy atom. The average molecular weight is 193 g/mol. The molecule has 0 saturated heterocycles. The first-order valence-electron chi connectivity index (χ1n) is 4.94. The number of anilines is 1. The van der Waals surface area contributed by atoms with Gasteiger partial charge in [0.1, 0.15) is 12.1 Å². The molecule has 2 rings (SSSR count). The number of aliphatic hydroxyl groups is 1. The van der Waals surface area contributed by atoms with Crippen LogP contribution in [-0.4, -0.2) is 27.7 Å². The molecule has 0 aliphatic heterocycles. The zero-order chi connectivity index (χ0) is 9.97. The Morgan fingerprint density at radius 2 is 2.29 bits per heavy atom. The predicted molar refractivity (Wildman–Crippen MR) is 54.0 cm³/mol. The summed E-state index contributed by atoms with van der Waals surface area (Å²) in [6.07, 6.45) is 3.32. The van der Waals surface area contributed by atoms with Crippen LogP contribution < -0.4 is 5.32 Å². The maximum atomic E-state index is 9.11. The summed E-state index contributed by atoms with van der Waals surface area (Å²) in [4.78, 5) is 8.13. The minimum absolute atomic E-state index is 0.0751. The predicted octanol–water partition coefficient (Wildman–Crippen LogP) is 0.968. The SMILES string of the molecule is Cc1cc(NCC2CC(O)C2)ncn1. The van der Waals surface area contributed by atoms with Gasteiger partial charge in [0.05, 0.1) is 6.10 Å². The second kappa shape index (κ2) is 3.92. The Hall–Kier alpha value is -1.16. The summed E-state index contributed by atoms with van der Waals surface area (Å²) in [5.41, 5.74) is 0.969. The molecular formula is C10H15N3O. The standard InChI is InChI=1S/C10H15N3O/c1-7-2-10(13-6-12-7)11-5-8-3-9(14)4-8/h2,6,8-9,14H,3-5H2,1H3,(H,11,12,13). The fraction of sp³-hybridized carbons (Fsp3) is 0.600. The van der Waals surface area contributed by atoms with Crippen molar-refractivity contribution in [3.63, 3.8) is 0 Å². The third-order valence-corrected chi connectivity index (χ3v) is 2.59. The van der Waals surface area contributed by atoms with Crippen molar-refractivity contribution in [2.45, 2.75) is 25.9 Å². The minimum Gasteiger partial charge on any atom is -0.393 e. The van der Waals surface area contributed by atoms with Gasteiger partial charge in [0.2, 0.25) is 0 Å². The summed E-state index contributed by atoms with van der Waals surface area (Å²) in [6, 6.07) is 1.93. The lowest BCUT2D eigenvalue weighted by molar-refractivity contribution is 0.0486. The van der Waals surface area contributed by atoms with E-state index in [0.29, 0.717) is 5.92 Å². The Bertz CT molecular complexity index is 310. The van der Waals surface area contributed by atoms with Gasteiger partial charge in [-0.05, 0) is 25.7 Å². The normalized spacial score (nSPS) is 25.6. The quantitative estimate of drug-likeness (QED) is 0.751. The third-order valence-electron chi connectivity index (χ3n) is 2.59. The van der Waals surface area contributed by atoms with Crippen molar-refractivity contribution in [3.8, 4) is 0 Å². The number of hydrogen-bond acceptors (Lipinski definition) is 4. The van der Waals surface area contributed by atoms with Gasteiger partial charge in [0.25, 0.3) is 0 Å². The molecule has 1 aromatic rings. The second-order valence-electron chi connectivity index (χ2n) is 3.92. The number of aryl methyl sites for hydroxylation is 1. The van der Waals surface area contributed by atoms with Gasteiger partial charge in [-0.1, -0.05) is 0 Å². The maximum absolute atomic E-state index is 9.11. The topological polar surface area (TPSA) is 58.0 Å². The van der Waals surface area contributed by atoms with Crippen LogP contribution in [0.2, 0.25) is 0 Å². The highest BCUT2D eigenvalue weighted by molar-refractivity contribution is 5.34. The molecule has 1 aromatic heterocycles. The molecule has 0 amide bonds. The molecule has 0 radical (unpaired) electrons. The molecule has 1 aliphatic carbocycles. The van der Waals surface area contributed by atoms with Gasteiger partial charge in [-0.25, -0.2) is 9.97 Å². The molecule has 0 bridgehead atoms. The highest BCUT2D eigenvalue weighted by atomic mass is 16.3. The molecule has 1 aliphatic rings. The average Bonchev–Trinajstić information content (AvgIpc) is 2.11. The van der Waals surface area contributed by atoms with Gasteiger partial charge >= 0.3 is 0 Å². The molecule has 4 heteroatoms. The summed E-state index contributed by atoms with van der Waals surface area (Å²) >= 11 is 0. The smallest absolute Gasteiger partial charge is 0.129 e. The van der Waals surface area contributed by atoms with Crippen LogP contribution >= 0.6 is 0 Å². The zero-order valence-corrected chi connectivity index (χ0v) is 8.27. The number of aromatic nitrogens is 2.